The van der Waals surface area contributed by atoms with E-state index in [1.165, 1.54) is 12.7 Å². The number of carbonyl (C=O) groups excluding carboxylic acids is 2. The van der Waals surface area contributed by atoms with Crippen molar-refractivity contribution < 1.29 is 9.59 Å². The summed E-state index contributed by atoms with van der Waals surface area (Å²) >= 11 is 0. The number of nitrogens with zero attached hydrogens (tertiary/aromatic N) is 6. The van der Waals surface area contributed by atoms with Crippen LogP contribution in [0.5, 0.6) is 0 Å². The van der Waals surface area contributed by atoms with Crippen molar-refractivity contribution in [2.24, 2.45) is 11.8 Å². The van der Waals surface area contributed by atoms with Gasteiger partial charge in [0.05, 0.1) is 11.4 Å². The Morgan fingerprint density at radius 3 is 1.53 bits per heavy atom. The molecule has 0 bridgehead atoms. The van der Waals surface area contributed by atoms with E-state index in [0.29, 0.717) is 17.8 Å². The number of aromatic nitrogens is 6. The van der Waals surface area contributed by atoms with Crippen LogP contribution in [-0.4, -0.2) is 41.3 Å². The molecule has 172 valence electrons. The minimum Gasteiger partial charge on any atom is -0.326 e. The summed E-state index contributed by atoms with van der Waals surface area (Å²) in [6.07, 6.45) is 9.10. The molecule has 10 heteroatoms. The van der Waals surface area contributed by atoms with E-state index in [9.17, 15) is 9.59 Å². The first-order valence-electron chi connectivity index (χ1n) is 11.2. The molecule has 2 N–H and O–H groups in total. The van der Waals surface area contributed by atoms with Crippen LogP contribution >= 0.6 is 0 Å². The maximum atomic E-state index is 12.9. The molecule has 0 aliphatic heterocycles. The van der Waals surface area contributed by atoms with Crippen LogP contribution in [0.2, 0.25) is 0 Å². The van der Waals surface area contributed by atoms with E-state index in [-0.39, 0.29) is 23.7 Å². The number of hydrogen-bond donors (Lipinski definition) is 2. The molecule has 2 aromatic heterocycles. The summed E-state index contributed by atoms with van der Waals surface area (Å²) in [5.41, 5.74) is 3.15. The van der Waals surface area contributed by atoms with Crippen LogP contribution in [-0.2, 0) is 9.59 Å². The maximum absolute atomic E-state index is 12.9. The van der Waals surface area contributed by atoms with Crippen molar-refractivity contribution >= 4 is 23.2 Å². The van der Waals surface area contributed by atoms with Gasteiger partial charge >= 0.3 is 0 Å². The fraction of sp³-hybridized carbons (Fsp3) is 0.250. The monoisotopic (exact) mass is 456 g/mol. The summed E-state index contributed by atoms with van der Waals surface area (Å²) in [5.74, 6) is -0.505. The zero-order chi connectivity index (χ0) is 23.3. The molecule has 10 nitrogen and oxygen atoms in total. The van der Waals surface area contributed by atoms with Crippen LogP contribution in [0.15, 0.2) is 73.8 Å². The molecule has 0 radical (unpaired) electrons. The molecule has 2 unspecified atom stereocenters. The maximum Gasteiger partial charge on any atom is 0.227 e. The first kappa shape index (κ1) is 21.5. The smallest absolute Gasteiger partial charge is 0.227 e. The van der Waals surface area contributed by atoms with Gasteiger partial charge in [0.1, 0.15) is 25.3 Å². The summed E-state index contributed by atoms with van der Waals surface area (Å²) in [6.45, 7) is 0. The molecular weight excluding hydrogens is 432 g/mol. The van der Waals surface area contributed by atoms with Gasteiger partial charge in [-0.2, -0.15) is 10.2 Å². The molecule has 2 heterocycles. The zero-order valence-corrected chi connectivity index (χ0v) is 18.4. The van der Waals surface area contributed by atoms with E-state index in [0.717, 1.165) is 30.6 Å². The van der Waals surface area contributed by atoms with Crippen molar-refractivity contribution in [1.29, 1.82) is 0 Å². The van der Waals surface area contributed by atoms with E-state index < -0.39 is 0 Å². The topological polar surface area (TPSA) is 120 Å². The number of carbonyl (C=O) groups is 2. The summed E-state index contributed by atoms with van der Waals surface area (Å²) < 4.78 is 3.30. The number of hydrogen-bond acceptors (Lipinski definition) is 6. The van der Waals surface area contributed by atoms with Crippen LogP contribution in [0.25, 0.3) is 11.4 Å². The third-order valence-corrected chi connectivity index (χ3v) is 6.05. The summed E-state index contributed by atoms with van der Waals surface area (Å²) in [5, 5.41) is 14.2. The average molecular weight is 457 g/mol. The Hall–Kier alpha value is -4.34. The SMILES string of the molecule is O=C(Nc1ccc(-n2cncn2)cc1)C1CCCC(C(=O)Nc2ccc(-n3cncn3)cc2)C1. The van der Waals surface area contributed by atoms with Gasteiger partial charge in [0.2, 0.25) is 11.8 Å². The van der Waals surface area contributed by atoms with Crippen LogP contribution < -0.4 is 10.6 Å². The Morgan fingerprint density at radius 1 is 0.706 bits per heavy atom. The van der Waals surface area contributed by atoms with Gasteiger partial charge in [0, 0.05) is 23.2 Å². The second-order valence-corrected chi connectivity index (χ2v) is 8.31. The first-order valence-corrected chi connectivity index (χ1v) is 11.2. The van der Waals surface area contributed by atoms with Crippen LogP contribution in [0.4, 0.5) is 11.4 Å². The number of rotatable bonds is 6. The highest BCUT2D eigenvalue weighted by atomic mass is 16.2. The molecule has 1 fully saturated rings. The molecule has 0 spiro atoms. The molecule has 2 aromatic carbocycles. The Kier molecular flexibility index (Phi) is 6.11. The van der Waals surface area contributed by atoms with E-state index in [2.05, 4.69) is 30.8 Å². The largest absolute Gasteiger partial charge is 0.326 e. The van der Waals surface area contributed by atoms with Gasteiger partial charge in [-0.1, -0.05) is 6.42 Å². The minimum absolute atomic E-state index is 0.0526. The summed E-state index contributed by atoms with van der Waals surface area (Å²) in [7, 11) is 0. The van der Waals surface area contributed by atoms with E-state index in [1.807, 2.05) is 48.5 Å². The highest BCUT2D eigenvalue weighted by Crippen LogP contribution is 2.31. The van der Waals surface area contributed by atoms with Crippen molar-refractivity contribution in [3.8, 4) is 11.4 Å². The Morgan fingerprint density at radius 2 is 1.15 bits per heavy atom. The molecule has 1 aliphatic rings. The molecule has 34 heavy (non-hydrogen) atoms. The van der Waals surface area contributed by atoms with Gasteiger partial charge < -0.3 is 10.6 Å². The molecule has 1 saturated carbocycles. The first-order chi connectivity index (χ1) is 16.7. The fourth-order valence-electron chi connectivity index (χ4n) is 4.23. The van der Waals surface area contributed by atoms with Gasteiger partial charge in [0.25, 0.3) is 0 Å². The molecule has 5 rings (SSSR count). The van der Waals surface area contributed by atoms with E-state index in [4.69, 9.17) is 0 Å². The van der Waals surface area contributed by atoms with Gasteiger partial charge in [-0.25, -0.2) is 19.3 Å². The van der Waals surface area contributed by atoms with Crippen LogP contribution in [0.3, 0.4) is 0 Å². The van der Waals surface area contributed by atoms with Crippen molar-refractivity contribution in [2.75, 3.05) is 10.6 Å². The third kappa shape index (κ3) is 4.85. The standard InChI is InChI=1S/C24H24N8O2/c33-23(29-19-4-8-21(9-5-19)31-15-25-13-27-31)17-2-1-3-18(12-17)24(34)30-20-6-10-22(11-7-20)32-16-26-14-28-32/h4-11,13-18H,1-3,12H2,(H,29,33)(H,30,34). The lowest BCUT2D eigenvalue weighted by Gasteiger charge is -2.27. The second-order valence-electron chi connectivity index (χ2n) is 8.31. The summed E-state index contributed by atoms with van der Waals surface area (Å²) in [4.78, 5) is 33.6. The lowest BCUT2D eigenvalue weighted by molar-refractivity contribution is -0.124. The molecule has 4 aromatic rings. The summed E-state index contributed by atoms with van der Waals surface area (Å²) in [6, 6.07) is 14.8. The van der Waals surface area contributed by atoms with Crippen molar-refractivity contribution in [1.82, 2.24) is 29.5 Å². The van der Waals surface area contributed by atoms with Crippen LogP contribution in [0, 0.1) is 11.8 Å². The molecular formula is C24H24N8O2. The van der Waals surface area contributed by atoms with Crippen molar-refractivity contribution in [3.05, 3.63) is 73.8 Å². The average Bonchev–Trinajstić information content (AvgIpc) is 3.60. The number of benzene rings is 2. The Labute approximate surface area is 196 Å². The quantitative estimate of drug-likeness (QED) is 0.460. The molecule has 2 atom stereocenters. The second kappa shape index (κ2) is 9.65. The van der Waals surface area contributed by atoms with Crippen molar-refractivity contribution in [3.63, 3.8) is 0 Å². The predicted octanol–water partition coefficient (Wildman–Crippen LogP) is 3.23. The molecule has 0 saturated heterocycles. The van der Waals surface area contributed by atoms with Gasteiger partial charge in [-0.15, -0.1) is 0 Å². The highest BCUT2D eigenvalue weighted by Gasteiger charge is 2.31. The van der Waals surface area contributed by atoms with E-state index in [1.54, 1.807) is 22.0 Å². The molecule has 2 amide bonds. The number of anilines is 2. The third-order valence-electron chi connectivity index (χ3n) is 6.05. The van der Waals surface area contributed by atoms with Gasteiger partial charge in [-0.05, 0) is 67.8 Å². The van der Waals surface area contributed by atoms with Crippen LogP contribution in [0.1, 0.15) is 25.7 Å². The highest BCUT2D eigenvalue weighted by molar-refractivity contribution is 5.95. The normalized spacial score (nSPS) is 17.8. The number of amides is 2. The van der Waals surface area contributed by atoms with Gasteiger partial charge in [-0.3, -0.25) is 9.59 Å². The number of nitrogens with one attached hydrogen (secondary N) is 2. The Balaban J connectivity index is 1.16. The zero-order valence-electron chi connectivity index (χ0n) is 18.4. The van der Waals surface area contributed by atoms with E-state index >= 15 is 0 Å². The molecule has 1 aliphatic carbocycles. The van der Waals surface area contributed by atoms with Gasteiger partial charge in [0.15, 0.2) is 0 Å². The fourth-order valence-corrected chi connectivity index (χ4v) is 4.23. The lowest BCUT2D eigenvalue weighted by Crippen LogP contribution is -2.33. The predicted molar refractivity (Wildman–Crippen MR) is 125 cm³/mol. The lowest BCUT2D eigenvalue weighted by atomic mass is 9.80. The minimum atomic E-state index is -0.200. The Bertz CT molecular complexity index is 1140. The van der Waals surface area contributed by atoms with Crippen molar-refractivity contribution in [2.45, 2.75) is 25.7 Å².